The third kappa shape index (κ3) is 9.37. The van der Waals surface area contributed by atoms with Crippen molar-refractivity contribution in [1.29, 1.82) is 0 Å². The van der Waals surface area contributed by atoms with E-state index in [-0.39, 0.29) is 12.8 Å². The van der Waals surface area contributed by atoms with Crippen LogP contribution in [0, 0.1) is 0 Å². The summed E-state index contributed by atoms with van der Waals surface area (Å²) >= 11 is 1.46. The molecule has 172 valence electrons. The van der Waals surface area contributed by atoms with Crippen molar-refractivity contribution in [3.8, 4) is 0 Å². The zero-order chi connectivity index (χ0) is 23.4. The SMILES string of the molecule is CSCCC(NC(=O)C(Cc1ccccc1)NC(=O)C(C)NC(=O)C(N)CO)C(=O)O. The normalized spacial score (nSPS) is 14.6. The summed E-state index contributed by atoms with van der Waals surface area (Å²) in [7, 11) is 0. The minimum atomic E-state index is -1.17. The Balaban J connectivity index is 2.92. The van der Waals surface area contributed by atoms with Crippen molar-refractivity contribution >= 4 is 35.5 Å². The van der Waals surface area contributed by atoms with E-state index in [1.165, 1.54) is 18.7 Å². The fraction of sp³-hybridized carbons (Fsp3) is 0.500. The summed E-state index contributed by atoms with van der Waals surface area (Å²) in [6.07, 6.45) is 2.20. The molecule has 1 aromatic rings. The first kappa shape index (κ1) is 26.4. The molecule has 0 aliphatic rings. The second kappa shape index (κ2) is 13.6. The molecule has 7 N–H and O–H groups in total. The van der Waals surface area contributed by atoms with Crippen LogP contribution >= 0.6 is 11.8 Å². The van der Waals surface area contributed by atoms with E-state index in [1.54, 1.807) is 24.3 Å². The number of aliphatic hydroxyl groups is 1. The van der Waals surface area contributed by atoms with Crippen molar-refractivity contribution in [3.63, 3.8) is 0 Å². The molecule has 0 heterocycles. The van der Waals surface area contributed by atoms with Gasteiger partial charge in [0.25, 0.3) is 0 Å². The van der Waals surface area contributed by atoms with Gasteiger partial charge in [0, 0.05) is 6.42 Å². The maximum atomic E-state index is 12.8. The number of carboxylic acid groups (broad SMARTS) is 1. The van der Waals surface area contributed by atoms with E-state index in [1.807, 2.05) is 12.3 Å². The van der Waals surface area contributed by atoms with Gasteiger partial charge in [-0.3, -0.25) is 14.4 Å². The lowest BCUT2D eigenvalue weighted by Crippen LogP contribution is -2.57. The molecule has 0 fully saturated rings. The zero-order valence-electron chi connectivity index (χ0n) is 17.5. The maximum absolute atomic E-state index is 12.8. The average molecular weight is 455 g/mol. The van der Waals surface area contributed by atoms with Crippen LogP contribution in [0.4, 0.5) is 0 Å². The number of rotatable bonds is 13. The highest BCUT2D eigenvalue weighted by Crippen LogP contribution is 2.06. The van der Waals surface area contributed by atoms with Crippen molar-refractivity contribution in [2.45, 2.75) is 43.9 Å². The van der Waals surface area contributed by atoms with Crippen LogP contribution in [0.3, 0.4) is 0 Å². The average Bonchev–Trinajstić information content (AvgIpc) is 2.75. The Labute approximate surface area is 185 Å². The first-order valence-corrected chi connectivity index (χ1v) is 11.1. The Morgan fingerprint density at radius 3 is 2.16 bits per heavy atom. The fourth-order valence-electron chi connectivity index (χ4n) is 2.59. The van der Waals surface area contributed by atoms with Gasteiger partial charge in [-0.2, -0.15) is 11.8 Å². The zero-order valence-corrected chi connectivity index (χ0v) is 18.4. The molecule has 0 aliphatic heterocycles. The molecule has 0 aromatic heterocycles. The van der Waals surface area contributed by atoms with Crippen molar-refractivity contribution in [1.82, 2.24) is 16.0 Å². The summed E-state index contributed by atoms with van der Waals surface area (Å²) in [4.78, 5) is 48.7. The van der Waals surface area contributed by atoms with Crippen LogP contribution < -0.4 is 21.7 Å². The molecule has 0 radical (unpaired) electrons. The lowest BCUT2D eigenvalue weighted by molar-refractivity contribution is -0.142. The van der Waals surface area contributed by atoms with Gasteiger partial charge in [-0.25, -0.2) is 4.79 Å². The highest BCUT2D eigenvalue weighted by molar-refractivity contribution is 7.98. The number of amides is 3. The molecule has 10 nitrogen and oxygen atoms in total. The van der Waals surface area contributed by atoms with Gasteiger partial charge in [-0.05, 0) is 30.9 Å². The number of hydrogen-bond acceptors (Lipinski definition) is 7. The highest BCUT2D eigenvalue weighted by Gasteiger charge is 2.28. The van der Waals surface area contributed by atoms with Gasteiger partial charge in [0.1, 0.15) is 24.2 Å². The summed E-state index contributed by atoms with van der Waals surface area (Å²) < 4.78 is 0. The van der Waals surface area contributed by atoms with Crippen molar-refractivity contribution < 1.29 is 29.4 Å². The van der Waals surface area contributed by atoms with Gasteiger partial charge in [0.05, 0.1) is 6.61 Å². The molecule has 4 atom stereocenters. The van der Waals surface area contributed by atoms with Crippen LogP contribution in [0.25, 0.3) is 0 Å². The summed E-state index contributed by atoms with van der Waals surface area (Å²) in [5, 5.41) is 25.7. The van der Waals surface area contributed by atoms with Gasteiger partial charge < -0.3 is 31.9 Å². The molecule has 4 unspecified atom stereocenters. The third-order valence-electron chi connectivity index (χ3n) is 4.43. The molecular formula is C20H30N4O6S. The van der Waals surface area contributed by atoms with Crippen LogP contribution in [-0.4, -0.2) is 76.7 Å². The Hall–Kier alpha value is -2.63. The lowest BCUT2D eigenvalue weighted by atomic mass is 10.0. The van der Waals surface area contributed by atoms with E-state index in [0.29, 0.717) is 5.75 Å². The molecule has 31 heavy (non-hydrogen) atoms. The van der Waals surface area contributed by atoms with Gasteiger partial charge in [0.15, 0.2) is 0 Å². The molecule has 1 rings (SSSR count). The van der Waals surface area contributed by atoms with E-state index in [4.69, 9.17) is 10.8 Å². The number of nitrogens with one attached hydrogen (secondary N) is 3. The highest BCUT2D eigenvalue weighted by atomic mass is 32.2. The summed E-state index contributed by atoms with van der Waals surface area (Å²) in [6, 6.07) is 4.58. The minimum absolute atomic E-state index is 0.129. The largest absolute Gasteiger partial charge is 0.480 e. The van der Waals surface area contributed by atoms with Gasteiger partial charge in [-0.15, -0.1) is 0 Å². The Bertz CT molecular complexity index is 748. The quantitative estimate of drug-likeness (QED) is 0.217. The molecule has 11 heteroatoms. The third-order valence-corrected chi connectivity index (χ3v) is 5.07. The van der Waals surface area contributed by atoms with Gasteiger partial charge in [0.2, 0.25) is 17.7 Å². The second-order valence-corrected chi connectivity index (χ2v) is 7.94. The summed E-state index contributed by atoms with van der Waals surface area (Å²) in [5.41, 5.74) is 6.19. The molecular weight excluding hydrogens is 424 g/mol. The summed E-state index contributed by atoms with van der Waals surface area (Å²) in [6.45, 7) is 0.833. The number of carbonyl (C=O) groups is 4. The Morgan fingerprint density at radius 2 is 1.61 bits per heavy atom. The number of aliphatic carboxylic acids is 1. The standard InChI is InChI=1S/C20H30N4O6S/c1-12(22-18(27)14(21)11-25)17(26)24-16(10-13-6-4-3-5-7-13)19(28)23-15(20(29)30)8-9-31-2/h3-7,12,14-16,25H,8-11,21H2,1-2H3,(H,22,27)(H,23,28)(H,24,26)(H,29,30). The molecule has 0 saturated carbocycles. The Kier molecular flexibility index (Phi) is 11.6. The first-order valence-electron chi connectivity index (χ1n) is 9.72. The van der Waals surface area contributed by atoms with E-state index < -0.39 is 54.5 Å². The second-order valence-electron chi connectivity index (χ2n) is 6.95. The van der Waals surface area contributed by atoms with E-state index in [0.717, 1.165) is 5.56 Å². The molecule has 0 spiro atoms. The maximum Gasteiger partial charge on any atom is 0.326 e. The van der Waals surface area contributed by atoms with Crippen LogP contribution in [0.15, 0.2) is 30.3 Å². The lowest BCUT2D eigenvalue weighted by Gasteiger charge is -2.23. The number of hydrogen-bond donors (Lipinski definition) is 6. The smallest absolute Gasteiger partial charge is 0.326 e. The number of carbonyl (C=O) groups excluding carboxylic acids is 3. The molecule has 0 saturated heterocycles. The van der Waals surface area contributed by atoms with Crippen molar-refractivity contribution in [3.05, 3.63) is 35.9 Å². The molecule has 0 aliphatic carbocycles. The first-order chi connectivity index (χ1) is 14.7. The van der Waals surface area contributed by atoms with Crippen LogP contribution in [-0.2, 0) is 25.6 Å². The Morgan fingerprint density at radius 1 is 1.00 bits per heavy atom. The van der Waals surface area contributed by atoms with Crippen molar-refractivity contribution in [2.24, 2.45) is 5.73 Å². The number of carboxylic acids is 1. The number of aliphatic hydroxyl groups excluding tert-OH is 1. The van der Waals surface area contributed by atoms with Crippen molar-refractivity contribution in [2.75, 3.05) is 18.6 Å². The molecule has 0 bridgehead atoms. The predicted octanol–water partition coefficient (Wildman–Crippen LogP) is -1.14. The van der Waals surface area contributed by atoms with Crippen LogP contribution in [0.1, 0.15) is 18.9 Å². The molecule has 1 aromatic carbocycles. The van der Waals surface area contributed by atoms with Crippen LogP contribution in [0.2, 0.25) is 0 Å². The van der Waals surface area contributed by atoms with Gasteiger partial charge >= 0.3 is 5.97 Å². The monoisotopic (exact) mass is 454 g/mol. The number of thioether (sulfide) groups is 1. The number of nitrogens with two attached hydrogens (primary N) is 1. The molecule has 3 amide bonds. The number of benzene rings is 1. The van der Waals surface area contributed by atoms with Gasteiger partial charge in [-0.1, -0.05) is 30.3 Å². The van der Waals surface area contributed by atoms with E-state index in [2.05, 4.69) is 16.0 Å². The predicted molar refractivity (Wildman–Crippen MR) is 117 cm³/mol. The summed E-state index contributed by atoms with van der Waals surface area (Å²) in [5.74, 6) is -2.62. The van der Waals surface area contributed by atoms with E-state index >= 15 is 0 Å². The van der Waals surface area contributed by atoms with Crippen LogP contribution in [0.5, 0.6) is 0 Å². The fourth-order valence-corrected chi connectivity index (χ4v) is 3.06. The van der Waals surface area contributed by atoms with E-state index in [9.17, 15) is 24.3 Å². The minimum Gasteiger partial charge on any atom is -0.480 e. The topological polar surface area (TPSA) is 171 Å².